The number of halogens is 2. The quantitative estimate of drug-likeness (QED) is 0.556. The lowest BCUT2D eigenvalue weighted by Gasteiger charge is -2.31. The van der Waals surface area contributed by atoms with Crippen LogP contribution in [0.2, 0.25) is 0 Å². The van der Waals surface area contributed by atoms with Crippen LogP contribution in [0.4, 0.5) is 14.5 Å². The second-order valence-electron chi connectivity index (χ2n) is 9.75. The van der Waals surface area contributed by atoms with Crippen molar-refractivity contribution >= 4 is 17.5 Å². The number of nitrogens with zero attached hydrogens (tertiary/aromatic N) is 3. The summed E-state index contributed by atoms with van der Waals surface area (Å²) in [4.78, 5) is 35.0. The molecule has 2 aliphatic rings. The molecule has 7 nitrogen and oxygen atoms in total. The summed E-state index contributed by atoms with van der Waals surface area (Å²) in [7, 11) is 3.87. The van der Waals surface area contributed by atoms with Gasteiger partial charge in [-0.15, -0.1) is 0 Å². The van der Waals surface area contributed by atoms with Crippen molar-refractivity contribution in [2.45, 2.75) is 56.9 Å². The van der Waals surface area contributed by atoms with Crippen molar-refractivity contribution in [1.82, 2.24) is 20.2 Å². The molecule has 2 heterocycles. The number of nitrogens with one attached hydrogen (secondary N) is 2. The zero-order chi connectivity index (χ0) is 24.5. The van der Waals surface area contributed by atoms with Crippen LogP contribution in [0, 0.1) is 5.41 Å². The third kappa shape index (κ3) is 5.09. The molecule has 1 aromatic heterocycles. The van der Waals surface area contributed by atoms with Crippen LogP contribution in [0.5, 0.6) is 0 Å². The van der Waals surface area contributed by atoms with Crippen LogP contribution >= 0.6 is 0 Å². The predicted molar refractivity (Wildman–Crippen MR) is 125 cm³/mol. The molecule has 2 N–H and O–H groups in total. The van der Waals surface area contributed by atoms with Gasteiger partial charge in [0.05, 0.1) is 6.42 Å². The molecule has 0 unspecified atom stereocenters. The molecule has 4 rings (SSSR count). The zero-order valence-electron chi connectivity index (χ0n) is 19.8. The molecule has 0 bridgehead atoms. The molecule has 0 spiro atoms. The summed E-state index contributed by atoms with van der Waals surface area (Å²) in [5.74, 6) is -3.67. The predicted octanol–water partition coefficient (Wildman–Crippen LogP) is 3.17. The van der Waals surface area contributed by atoms with E-state index in [-0.39, 0.29) is 24.3 Å². The monoisotopic (exact) mass is 471 g/mol. The molecule has 9 heteroatoms. The van der Waals surface area contributed by atoms with E-state index in [1.807, 2.05) is 37.2 Å². The number of alkyl halides is 2. The highest BCUT2D eigenvalue weighted by molar-refractivity contribution is 5.99. The number of carbonyl (C=O) groups excluding carboxylic acids is 2. The largest absolute Gasteiger partial charge is 0.354 e. The molecule has 2 amide bonds. The summed E-state index contributed by atoms with van der Waals surface area (Å²) >= 11 is 0. The maximum absolute atomic E-state index is 14.5. The Morgan fingerprint density at radius 3 is 2.59 bits per heavy atom. The van der Waals surface area contributed by atoms with Gasteiger partial charge < -0.3 is 15.5 Å². The van der Waals surface area contributed by atoms with E-state index >= 15 is 0 Å². The summed E-state index contributed by atoms with van der Waals surface area (Å²) in [6.07, 6.45) is 4.72. The van der Waals surface area contributed by atoms with Gasteiger partial charge in [0.25, 0.3) is 5.92 Å². The molecule has 1 aromatic carbocycles. The van der Waals surface area contributed by atoms with Crippen LogP contribution in [0.1, 0.15) is 49.1 Å². The van der Waals surface area contributed by atoms with Gasteiger partial charge in [0.2, 0.25) is 11.8 Å². The van der Waals surface area contributed by atoms with Crippen LogP contribution in [-0.4, -0.2) is 59.3 Å². The Morgan fingerprint density at radius 2 is 1.97 bits per heavy atom. The number of amides is 2. The summed E-state index contributed by atoms with van der Waals surface area (Å²) in [6.45, 7) is 1.30. The smallest absolute Gasteiger partial charge is 0.251 e. The third-order valence-electron chi connectivity index (χ3n) is 7.15. The van der Waals surface area contributed by atoms with E-state index in [0.29, 0.717) is 38.1 Å². The SMILES string of the molecule is CN(C)[C@H](CNC(=O)C[C@H](c1ncccn1)C1(C(C)(F)F)CC1)Cc1ccc2c(c1)CC(=O)N2. The van der Waals surface area contributed by atoms with Gasteiger partial charge in [0, 0.05) is 48.4 Å². The number of rotatable bonds is 10. The maximum atomic E-state index is 14.5. The summed E-state index contributed by atoms with van der Waals surface area (Å²) in [5, 5.41) is 5.78. The van der Waals surface area contributed by atoms with Crippen LogP contribution in [0.3, 0.4) is 0 Å². The Bertz CT molecular complexity index is 1050. The van der Waals surface area contributed by atoms with Crippen LogP contribution < -0.4 is 10.6 Å². The van der Waals surface area contributed by atoms with E-state index in [9.17, 15) is 18.4 Å². The van der Waals surface area contributed by atoms with E-state index in [2.05, 4.69) is 20.6 Å². The van der Waals surface area contributed by atoms with Crippen molar-refractivity contribution in [3.63, 3.8) is 0 Å². The molecule has 34 heavy (non-hydrogen) atoms. The van der Waals surface area contributed by atoms with E-state index in [1.54, 1.807) is 6.07 Å². The molecule has 1 aliphatic heterocycles. The molecule has 2 aromatic rings. The molecular formula is C25H31F2N5O2. The molecule has 2 atom stereocenters. The molecule has 0 radical (unpaired) electrons. The maximum Gasteiger partial charge on any atom is 0.251 e. The minimum atomic E-state index is -2.92. The molecule has 1 fully saturated rings. The van der Waals surface area contributed by atoms with Crippen molar-refractivity contribution in [1.29, 1.82) is 0 Å². The van der Waals surface area contributed by atoms with Gasteiger partial charge >= 0.3 is 0 Å². The van der Waals surface area contributed by atoms with Gasteiger partial charge in [0.1, 0.15) is 5.82 Å². The standard InChI is InChI=1S/C25H31F2N5O2/c1-24(26,27)25(7-8-25)19(23-28-9-4-10-29-23)14-21(33)30-15-18(32(2)3)12-16-5-6-20-17(11-16)13-22(34)31-20/h4-6,9-11,18-19H,7-8,12-15H2,1-3H3,(H,30,33)(H,31,34)/t18-,19+/m0/s1. The number of likely N-dealkylation sites (N-methyl/N-ethyl adjacent to an activating group) is 1. The van der Waals surface area contributed by atoms with Crippen molar-refractivity contribution in [3.8, 4) is 0 Å². The van der Waals surface area contributed by atoms with Gasteiger partial charge in [-0.05, 0) is 63.5 Å². The Morgan fingerprint density at radius 1 is 1.26 bits per heavy atom. The number of aromatic nitrogens is 2. The van der Waals surface area contributed by atoms with Crippen molar-refractivity contribution in [3.05, 3.63) is 53.6 Å². The minimum absolute atomic E-state index is 0.000917. The number of anilines is 1. The van der Waals surface area contributed by atoms with Crippen molar-refractivity contribution < 1.29 is 18.4 Å². The molecular weight excluding hydrogens is 440 g/mol. The normalized spacial score (nSPS) is 18.2. The van der Waals surface area contributed by atoms with Gasteiger partial charge in [0.15, 0.2) is 0 Å². The number of hydrogen-bond acceptors (Lipinski definition) is 5. The van der Waals surface area contributed by atoms with Gasteiger partial charge in [-0.2, -0.15) is 0 Å². The summed E-state index contributed by atoms with van der Waals surface area (Å²) in [6, 6.07) is 7.55. The fourth-order valence-corrected chi connectivity index (χ4v) is 4.86. The number of fused-ring (bicyclic) bond motifs is 1. The molecule has 182 valence electrons. The van der Waals surface area contributed by atoms with Gasteiger partial charge in [-0.1, -0.05) is 12.1 Å². The van der Waals surface area contributed by atoms with E-state index in [1.165, 1.54) is 12.4 Å². The van der Waals surface area contributed by atoms with E-state index in [0.717, 1.165) is 23.7 Å². The topological polar surface area (TPSA) is 87.2 Å². The first-order chi connectivity index (χ1) is 16.1. The highest BCUT2D eigenvalue weighted by Gasteiger charge is 2.64. The average Bonchev–Trinajstić information content (AvgIpc) is 3.51. The zero-order valence-corrected chi connectivity index (χ0v) is 19.8. The first-order valence-electron chi connectivity index (χ1n) is 11.6. The van der Waals surface area contributed by atoms with Crippen LogP contribution in [-0.2, 0) is 22.4 Å². The lowest BCUT2D eigenvalue weighted by molar-refractivity contribution is -0.124. The molecule has 1 saturated carbocycles. The first kappa shape index (κ1) is 24.2. The fourth-order valence-electron chi connectivity index (χ4n) is 4.86. The Hall–Kier alpha value is -2.94. The second-order valence-corrected chi connectivity index (χ2v) is 9.75. The lowest BCUT2D eigenvalue weighted by Crippen LogP contribution is -2.43. The molecule has 0 saturated heterocycles. The van der Waals surface area contributed by atoms with Crippen molar-refractivity contribution in [2.24, 2.45) is 5.41 Å². The molecule has 1 aliphatic carbocycles. The third-order valence-corrected chi connectivity index (χ3v) is 7.15. The average molecular weight is 472 g/mol. The number of carbonyl (C=O) groups is 2. The number of hydrogen-bond donors (Lipinski definition) is 2. The fraction of sp³-hybridized carbons (Fsp3) is 0.520. The lowest BCUT2D eigenvalue weighted by atomic mass is 9.80. The van der Waals surface area contributed by atoms with Crippen LogP contribution in [0.15, 0.2) is 36.7 Å². The van der Waals surface area contributed by atoms with Gasteiger partial charge in [-0.25, -0.2) is 18.7 Å². The summed E-state index contributed by atoms with van der Waals surface area (Å²) in [5.41, 5.74) is 1.62. The summed E-state index contributed by atoms with van der Waals surface area (Å²) < 4.78 is 29.0. The second kappa shape index (κ2) is 9.37. The Balaban J connectivity index is 1.41. The first-order valence-corrected chi connectivity index (χ1v) is 11.6. The highest BCUT2D eigenvalue weighted by atomic mass is 19.3. The number of benzene rings is 1. The van der Waals surface area contributed by atoms with Crippen LogP contribution in [0.25, 0.3) is 0 Å². The minimum Gasteiger partial charge on any atom is -0.354 e. The van der Waals surface area contributed by atoms with E-state index in [4.69, 9.17) is 0 Å². The van der Waals surface area contributed by atoms with Crippen molar-refractivity contribution in [2.75, 3.05) is 26.0 Å². The Labute approximate surface area is 198 Å². The highest BCUT2D eigenvalue weighted by Crippen LogP contribution is 2.65. The Kier molecular flexibility index (Phi) is 6.66. The van der Waals surface area contributed by atoms with E-state index < -0.39 is 17.3 Å². The van der Waals surface area contributed by atoms with Gasteiger partial charge in [-0.3, -0.25) is 9.59 Å².